The van der Waals surface area contributed by atoms with Crippen molar-refractivity contribution in [2.75, 3.05) is 0 Å². The fourth-order valence-corrected chi connectivity index (χ4v) is 7.31. The summed E-state index contributed by atoms with van der Waals surface area (Å²) >= 11 is 0. The molecule has 0 radical (unpaired) electrons. The predicted octanol–water partition coefficient (Wildman–Crippen LogP) is 10.6. The molecule has 0 N–H and O–H groups in total. The molecule has 0 atom stereocenters. The molecule has 10 rings (SSSR count). The Morgan fingerprint density at radius 3 is 1.62 bits per heavy atom. The number of pyridine rings is 3. The minimum Gasteiger partial charge on any atom is -0.309 e. The van der Waals surface area contributed by atoms with Crippen LogP contribution in [-0.4, -0.2) is 24.1 Å². The van der Waals surface area contributed by atoms with Gasteiger partial charge in [-0.05, 0) is 78.2 Å². The van der Waals surface area contributed by atoms with Crippen LogP contribution in [0.3, 0.4) is 0 Å². The van der Waals surface area contributed by atoms with Crippen molar-refractivity contribution >= 4 is 54.4 Å². The maximum absolute atomic E-state index is 5.06. The first-order valence-corrected chi connectivity index (χ1v) is 16.1. The van der Waals surface area contributed by atoms with Gasteiger partial charge in [-0.25, -0.2) is 4.98 Å². The third-order valence-electron chi connectivity index (χ3n) is 9.38. The van der Waals surface area contributed by atoms with Crippen LogP contribution in [-0.2, 0) is 0 Å². The second-order valence-corrected chi connectivity index (χ2v) is 12.1. The smallest absolute Gasteiger partial charge is 0.0915 e. The van der Waals surface area contributed by atoms with Crippen LogP contribution in [0.5, 0.6) is 0 Å². The van der Waals surface area contributed by atoms with E-state index >= 15 is 0 Å². The summed E-state index contributed by atoms with van der Waals surface area (Å²) in [5.74, 6) is 0. The SMILES string of the molecule is c1ccc(-n2c3ccccc3c3ccc4cc5c6ccccc6n(-c6cc(-c7ccccn7)nc(-c7ccccn7)c6)c5cc4c32)cc1. The van der Waals surface area contributed by atoms with Crippen LogP contribution in [0, 0.1) is 0 Å². The van der Waals surface area contributed by atoms with Gasteiger partial charge in [-0.3, -0.25) is 9.97 Å². The van der Waals surface area contributed by atoms with Crippen LogP contribution < -0.4 is 0 Å². The molecular formula is C43H27N5. The van der Waals surface area contributed by atoms with Crippen molar-refractivity contribution in [3.8, 4) is 34.2 Å². The van der Waals surface area contributed by atoms with E-state index in [2.05, 4.69) is 134 Å². The number of hydrogen-bond acceptors (Lipinski definition) is 3. The molecule has 0 unspecified atom stereocenters. The van der Waals surface area contributed by atoms with Gasteiger partial charge in [0.1, 0.15) is 0 Å². The first-order chi connectivity index (χ1) is 23.8. The monoisotopic (exact) mass is 613 g/mol. The Morgan fingerprint density at radius 1 is 0.354 bits per heavy atom. The summed E-state index contributed by atoms with van der Waals surface area (Å²) < 4.78 is 4.79. The van der Waals surface area contributed by atoms with Gasteiger partial charge < -0.3 is 9.13 Å². The highest BCUT2D eigenvalue weighted by Crippen LogP contribution is 2.41. The highest BCUT2D eigenvalue weighted by atomic mass is 15.0. The molecule has 5 nitrogen and oxygen atoms in total. The van der Waals surface area contributed by atoms with Crippen molar-refractivity contribution in [2.24, 2.45) is 0 Å². The lowest BCUT2D eigenvalue weighted by Crippen LogP contribution is -1.99. The molecule has 5 aromatic heterocycles. The van der Waals surface area contributed by atoms with E-state index in [1.165, 1.54) is 43.4 Å². The molecule has 0 saturated heterocycles. The van der Waals surface area contributed by atoms with Crippen LogP contribution in [0.25, 0.3) is 88.5 Å². The van der Waals surface area contributed by atoms with Crippen molar-refractivity contribution in [2.45, 2.75) is 0 Å². The zero-order chi connectivity index (χ0) is 31.6. The van der Waals surface area contributed by atoms with Crippen LogP contribution in [0.4, 0.5) is 0 Å². The zero-order valence-electron chi connectivity index (χ0n) is 25.8. The Balaban J connectivity index is 1.34. The summed E-state index contributed by atoms with van der Waals surface area (Å²) in [4.78, 5) is 14.4. The van der Waals surface area contributed by atoms with Gasteiger partial charge in [0.05, 0.1) is 50.5 Å². The van der Waals surface area contributed by atoms with Gasteiger partial charge in [0.2, 0.25) is 0 Å². The largest absolute Gasteiger partial charge is 0.309 e. The number of fused-ring (bicyclic) bond motifs is 8. The Labute approximate surface area is 276 Å². The molecule has 5 heterocycles. The Kier molecular flexibility index (Phi) is 5.81. The third kappa shape index (κ3) is 4.01. The van der Waals surface area contributed by atoms with E-state index in [1.54, 1.807) is 0 Å². The zero-order valence-corrected chi connectivity index (χ0v) is 25.8. The Morgan fingerprint density at radius 2 is 0.958 bits per heavy atom. The summed E-state index contributed by atoms with van der Waals surface area (Å²) in [6.45, 7) is 0. The summed E-state index contributed by atoms with van der Waals surface area (Å²) in [7, 11) is 0. The molecule has 5 aromatic carbocycles. The van der Waals surface area contributed by atoms with Crippen molar-refractivity contribution in [1.29, 1.82) is 0 Å². The van der Waals surface area contributed by atoms with Crippen LogP contribution in [0.15, 0.2) is 164 Å². The summed E-state index contributed by atoms with van der Waals surface area (Å²) in [5, 5.41) is 7.30. The lowest BCUT2D eigenvalue weighted by molar-refractivity contribution is 1.14. The van der Waals surface area contributed by atoms with Gasteiger partial charge in [0.25, 0.3) is 0 Å². The van der Waals surface area contributed by atoms with Crippen LogP contribution >= 0.6 is 0 Å². The molecule has 5 heteroatoms. The third-order valence-corrected chi connectivity index (χ3v) is 9.38. The Bertz CT molecular complexity index is 2760. The van der Waals surface area contributed by atoms with E-state index in [1.807, 2.05) is 48.8 Å². The second kappa shape index (κ2) is 10.5. The predicted molar refractivity (Wildman–Crippen MR) is 197 cm³/mol. The fourth-order valence-electron chi connectivity index (χ4n) is 7.31. The first kappa shape index (κ1) is 26.6. The number of aromatic nitrogens is 5. The van der Waals surface area contributed by atoms with Gasteiger partial charge in [-0.2, -0.15) is 0 Å². The average Bonchev–Trinajstić information content (AvgIpc) is 3.67. The number of para-hydroxylation sites is 3. The van der Waals surface area contributed by atoms with Gasteiger partial charge in [0, 0.05) is 45.0 Å². The molecule has 0 spiro atoms. The molecule has 0 fully saturated rings. The lowest BCUT2D eigenvalue weighted by atomic mass is 10.0. The molecule has 48 heavy (non-hydrogen) atoms. The van der Waals surface area contributed by atoms with Crippen molar-refractivity contribution < 1.29 is 0 Å². The molecule has 0 aliphatic carbocycles. The second-order valence-electron chi connectivity index (χ2n) is 12.1. The van der Waals surface area contributed by atoms with Crippen molar-refractivity contribution in [3.63, 3.8) is 0 Å². The number of benzene rings is 5. The summed E-state index contributed by atoms with van der Waals surface area (Å²) in [6.07, 6.45) is 3.63. The molecule has 0 bridgehead atoms. The quantitative estimate of drug-likeness (QED) is 0.198. The molecule has 10 aromatic rings. The molecular weight excluding hydrogens is 587 g/mol. The first-order valence-electron chi connectivity index (χ1n) is 16.1. The number of nitrogens with zero attached hydrogens (tertiary/aromatic N) is 5. The fraction of sp³-hybridized carbons (Fsp3) is 0. The van der Waals surface area contributed by atoms with E-state index < -0.39 is 0 Å². The maximum Gasteiger partial charge on any atom is 0.0915 e. The maximum atomic E-state index is 5.06. The molecule has 0 aliphatic heterocycles. The molecule has 0 amide bonds. The van der Waals surface area contributed by atoms with Gasteiger partial charge in [-0.1, -0.05) is 78.9 Å². The normalized spacial score (nSPS) is 11.8. The topological polar surface area (TPSA) is 48.5 Å². The van der Waals surface area contributed by atoms with E-state index in [4.69, 9.17) is 4.98 Å². The number of rotatable bonds is 4. The lowest BCUT2D eigenvalue weighted by Gasteiger charge is -2.13. The summed E-state index contributed by atoms with van der Waals surface area (Å²) in [6, 6.07) is 53.5. The van der Waals surface area contributed by atoms with Gasteiger partial charge in [-0.15, -0.1) is 0 Å². The molecule has 0 aliphatic rings. The van der Waals surface area contributed by atoms with Crippen LogP contribution in [0.1, 0.15) is 0 Å². The highest BCUT2D eigenvalue weighted by Gasteiger charge is 2.19. The van der Waals surface area contributed by atoms with E-state index in [-0.39, 0.29) is 0 Å². The van der Waals surface area contributed by atoms with Gasteiger partial charge >= 0.3 is 0 Å². The Hall–Kier alpha value is -6.59. The van der Waals surface area contributed by atoms with E-state index in [0.29, 0.717) is 0 Å². The van der Waals surface area contributed by atoms with E-state index in [0.717, 1.165) is 45.2 Å². The standard InChI is InChI=1S/C43H27N5/c1-2-12-29(13-3-1)48-41-19-7-4-14-31(41)33-21-20-28-24-35-32-15-5-6-18-40(32)47(42(35)27-34(28)43(33)48)30-25-38(36-16-8-10-22-44-36)46-39(26-30)37-17-9-11-23-45-37/h1-27H. The number of hydrogen-bond donors (Lipinski definition) is 0. The minimum atomic E-state index is 0.798. The highest BCUT2D eigenvalue weighted by molar-refractivity contribution is 6.22. The average molecular weight is 614 g/mol. The summed E-state index contributed by atoms with van der Waals surface area (Å²) in [5.41, 5.74) is 10.0. The molecule has 224 valence electrons. The molecule has 0 saturated carbocycles. The van der Waals surface area contributed by atoms with Crippen molar-refractivity contribution in [3.05, 3.63) is 164 Å². The van der Waals surface area contributed by atoms with Gasteiger partial charge in [0.15, 0.2) is 0 Å². The van der Waals surface area contributed by atoms with Crippen LogP contribution in [0.2, 0.25) is 0 Å². The van der Waals surface area contributed by atoms with E-state index in [9.17, 15) is 0 Å². The minimum absolute atomic E-state index is 0.798. The van der Waals surface area contributed by atoms with Crippen molar-refractivity contribution in [1.82, 2.24) is 24.1 Å².